The van der Waals surface area contributed by atoms with Crippen LogP contribution in [0.1, 0.15) is 73.6 Å². The van der Waals surface area contributed by atoms with Gasteiger partial charge in [0.1, 0.15) is 0 Å². The third kappa shape index (κ3) is 10.4. The van der Waals surface area contributed by atoms with Gasteiger partial charge >= 0.3 is 5.69 Å². The Bertz CT molecular complexity index is 997. The lowest BCUT2D eigenvalue weighted by Gasteiger charge is -2.25. The van der Waals surface area contributed by atoms with Crippen molar-refractivity contribution in [3.05, 3.63) is 27.6 Å². The zero-order valence-corrected chi connectivity index (χ0v) is 27.0. The maximum absolute atomic E-state index is 12.4. The molecule has 2 heterocycles. The summed E-state index contributed by atoms with van der Waals surface area (Å²) in [5.74, 6) is 4.85. The number of imidazole rings is 2. The van der Waals surface area contributed by atoms with Crippen molar-refractivity contribution in [2.45, 2.75) is 105 Å². The topological polar surface area (TPSA) is 57.0 Å². The zero-order valence-electron chi connectivity index (χ0n) is 23.7. The van der Waals surface area contributed by atoms with Crippen LogP contribution >= 0.6 is 48.4 Å². The molecule has 0 aromatic carbocycles. The third-order valence-corrected chi connectivity index (χ3v) is 9.89. The maximum Gasteiger partial charge on any atom is 0.331 e. The van der Waals surface area contributed by atoms with Gasteiger partial charge in [-0.15, -0.1) is 12.6 Å². The molecule has 212 valence electrons. The van der Waals surface area contributed by atoms with E-state index < -0.39 is 0 Å². The first-order valence-electron chi connectivity index (χ1n) is 13.5. The van der Waals surface area contributed by atoms with Crippen molar-refractivity contribution in [2.75, 3.05) is 23.0 Å². The summed E-state index contributed by atoms with van der Waals surface area (Å²) in [5.41, 5.74) is 0.0591. The number of nitrogens with zero attached hydrogens (tertiary/aromatic N) is 4. The van der Waals surface area contributed by atoms with Gasteiger partial charge in [-0.1, -0.05) is 27.7 Å². The van der Waals surface area contributed by atoms with Crippen LogP contribution in [0.3, 0.4) is 0 Å². The van der Waals surface area contributed by atoms with Crippen molar-refractivity contribution < 1.29 is 5.11 Å². The molecule has 0 amide bonds. The van der Waals surface area contributed by atoms with Crippen molar-refractivity contribution in [3.8, 4) is 5.88 Å². The number of thioether (sulfide) groups is 2. The molecule has 0 spiro atoms. The molecule has 0 aliphatic rings. The highest BCUT2D eigenvalue weighted by Gasteiger charge is 2.22. The van der Waals surface area contributed by atoms with Gasteiger partial charge in [0.2, 0.25) is 5.88 Å². The molecule has 0 atom stereocenters. The van der Waals surface area contributed by atoms with E-state index in [2.05, 4.69) is 68.1 Å². The van der Waals surface area contributed by atoms with Crippen LogP contribution in [0.5, 0.6) is 5.88 Å². The van der Waals surface area contributed by atoms with Crippen LogP contribution in [0.4, 0.5) is 0 Å². The van der Waals surface area contributed by atoms with Crippen molar-refractivity contribution in [3.63, 3.8) is 0 Å². The van der Waals surface area contributed by atoms with Gasteiger partial charge in [0.15, 0.2) is 4.77 Å². The monoisotopic (exact) mass is 588 g/mol. The Hall–Kier alpha value is -0.710. The van der Waals surface area contributed by atoms with E-state index in [-0.39, 0.29) is 22.4 Å². The van der Waals surface area contributed by atoms with Crippen LogP contribution in [0.2, 0.25) is 0 Å². The van der Waals surface area contributed by atoms with Crippen molar-refractivity contribution in [1.29, 1.82) is 0 Å². The van der Waals surface area contributed by atoms with Gasteiger partial charge in [-0.3, -0.25) is 9.13 Å². The summed E-state index contributed by atoms with van der Waals surface area (Å²) in [6, 6.07) is 0. The van der Waals surface area contributed by atoms with Crippen LogP contribution in [0.15, 0.2) is 22.2 Å². The first-order chi connectivity index (χ1) is 17.4. The molecule has 0 saturated heterocycles. The van der Waals surface area contributed by atoms with Crippen LogP contribution in [0.25, 0.3) is 0 Å². The average Bonchev–Trinajstić information content (AvgIpc) is 3.25. The first kappa shape index (κ1) is 32.5. The van der Waals surface area contributed by atoms with E-state index in [0.29, 0.717) is 13.1 Å². The molecule has 1 N–H and O–H groups in total. The number of aryl methyl sites for hydroxylation is 2. The summed E-state index contributed by atoms with van der Waals surface area (Å²) in [4.78, 5) is 12.4. The number of aromatic nitrogens is 4. The molecule has 0 radical (unpaired) electrons. The normalized spacial score (nSPS) is 12.5. The highest BCUT2D eigenvalue weighted by atomic mass is 32.2. The molecule has 6 nitrogen and oxygen atoms in total. The van der Waals surface area contributed by atoms with Crippen molar-refractivity contribution >= 4 is 48.4 Å². The van der Waals surface area contributed by atoms with Gasteiger partial charge in [0.25, 0.3) is 0 Å². The van der Waals surface area contributed by atoms with E-state index in [1.165, 1.54) is 47.3 Å². The second kappa shape index (κ2) is 15.2. The fourth-order valence-electron chi connectivity index (χ4n) is 4.57. The van der Waals surface area contributed by atoms with Crippen LogP contribution in [-0.4, -0.2) is 46.4 Å². The van der Waals surface area contributed by atoms with E-state index in [1.807, 2.05) is 24.9 Å². The number of hydrogen-bond acceptors (Lipinski definition) is 6. The molecule has 37 heavy (non-hydrogen) atoms. The SMILES string of the molecule is CCn1cc(O)n(CC(C)(C)CCCSCCCSCCCC(C)(C)Cn2c(S)cn(CC)c2=S)c1=O. The Kier molecular flexibility index (Phi) is 13.3. The lowest BCUT2D eigenvalue weighted by molar-refractivity contribution is 0.259. The quantitative estimate of drug-likeness (QED) is 0.110. The van der Waals surface area contributed by atoms with E-state index in [9.17, 15) is 9.90 Å². The lowest BCUT2D eigenvalue weighted by atomic mass is 9.88. The Labute approximate surface area is 243 Å². The van der Waals surface area contributed by atoms with E-state index in [0.717, 1.165) is 41.5 Å². The standard InChI is InChI=1S/C27H48N4O2S4/c1-7-28-18-22(32)30(24(28)33)20-26(3,4)12-9-14-36-16-11-17-37-15-10-13-27(5,6)21-31-23(34)19-29(8-2)25(31)35/h18-19,32,34H,7-17,20-21H2,1-6H3. The fourth-order valence-corrected chi connectivity index (χ4v) is 7.27. The summed E-state index contributed by atoms with van der Waals surface area (Å²) in [6.45, 7) is 16.0. The molecule has 2 aromatic rings. The van der Waals surface area contributed by atoms with Gasteiger partial charge in [-0.05, 0) is 92.0 Å². The Morgan fingerprint density at radius 1 is 0.838 bits per heavy atom. The summed E-state index contributed by atoms with van der Waals surface area (Å²) in [5, 5.41) is 11.1. The van der Waals surface area contributed by atoms with E-state index in [1.54, 1.807) is 4.57 Å². The highest BCUT2D eigenvalue weighted by Crippen LogP contribution is 2.29. The second-order valence-corrected chi connectivity index (χ2v) is 14.7. The molecule has 0 bridgehead atoms. The predicted octanol–water partition coefficient (Wildman–Crippen LogP) is 7.19. The Balaban J connectivity index is 1.54. The molecule has 2 aromatic heterocycles. The molecule has 0 aliphatic carbocycles. The smallest absolute Gasteiger partial charge is 0.331 e. The number of thiol groups is 1. The van der Waals surface area contributed by atoms with Crippen LogP contribution < -0.4 is 5.69 Å². The molecular formula is C27H48N4O2S4. The van der Waals surface area contributed by atoms with Gasteiger partial charge in [0, 0.05) is 32.4 Å². The minimum Gasteiger partial charge on any atom is -0.493 e. The molecule has 0 aliphatic heterocycles. The summed E-state index contributed by atoms with van der Waals surface area (Å²) in [7, 11) is 0. The summed E-state index contributed by atoms with van der Waals surface area (Å²) in [6.07, 6.45) is 9.40. The van der Waals surface area contributed by atoms with Gasteiger partial charge in [0.05, 0.1) is 11.2 Å². The largest absolute Gasteiger partial charge is 0.493 e. The lowest BCUT2D eigenvalue weighted by Crippen LogP contribution is -2.30. The minimum absolute atomic E-state index is 0.0226. The Morgan fingerprint density at radius 3 is 1.78 bits per heavy atom. The van der Waals surface area contributed by atoms with E-state index in [4.69, 9.17) is 12.2 Å². The third-order valence-electron chi connectivity index (χ3n) is 6.76. The fraction of sp³-hybridized carbons (Fsp3) is 0.778. The maximum atomic E-state index is 12.4. The molecule has 0 fully saturated rings. The van der Waals surface area contributed by atoms with Crippen LogP contribution in [-0.2, 0) is 26.2 Å². The molecule has 2 rings (SSSR count). The molecule has 0 saturated carbocycles. The van der Waals surface area contributed by atoms with Crippen molar-refractivity contribution in [2.24, 2.45) is 10.8 Å². The predicted molar refractivity (Wildman–Crippen MR) is 168 cm³/mol. The minimum atomic E-state index is -0.119. The van der Waals surface area contributed by atoms with Crippen molar-refractivity contribution in [1.82, 2.24) is 18.3 Å². The highest BCUT2D eigenvalue weighted by molar-refractivity contribution is 8.00. The number of hydrogen-bond donors (Lipinski definition) is 2. The van der Waals surface area contributed by atoms with Crippen LogP contribution in [0, 0.1) is 15.6 Å². The van der Waals surface area contributed by atoms with Gasteiger partial charge in [-0.2, -0.15) is 23.5 Å². The molecular weight excluding hydrogens is 541 g/mol. The van der Waals surface area contributed by atoms with Gasteiger partial charge in [-0.25, -0.2) is 4.79 Å². The first-order valence-corrected chi connectivity index (χ1v) is 16.7. The molecule has 10 heteroatoms. The summed E-state index contributed by atoms with van der Waals surface area (Å²) >= 11 is 14.3. The zero-order chi connectivity index (χ0) is 27.6. The molecule has 0 unspecified atom stereocenters. The summed E-state index contributed by atoms with van der Waals surface area (Å²) < 4.78 is 8.19. The number of aromatic hydroxyl groups is 1. The average molecular weight is 589 g/mol. The van der Waals surface area contributed by atoms with E-state index >= 15 is 0 Å². The Morgan fingerprint density at radius 2 is 1.32 bits per heavy atom. The van der Waals surface area contributed by atoms with Gasteiger partial charge < -0.3 is 14.2 Å². The second-order valence-electron chi connectivity index (χ2n) is 11.4. The number of rotatable bonds is 18.